The molecule has 4 unspecified atom stereocenters. The molecule has 3 aromatic rings. The first-order valence-corrected chi connectivity index (χ1v) is 17.2. The minimum atomic E-state index is -1.30. The molecule has 41 heavy (non-hydrogen) atoms. The van der Waals surface area contributed by atoms with Crippen LogP contribution in [0.1, 0.15) is 49.0 Å². The van der Waals surface area contributed by atoms with Crippen LogP contribution in [-0.2, 0) is 29.9 Å². The zero-order valence-electron chi connectivity index (χ0n) is 23.3. The van der Waals surface area contributed by atoms with E-state index in [9.17, 15) is 13.8 Å². The van der Waals surface area contributed by atoms with Crippen LogP contribution in [0.25, 0.3) is 0 Å². The fourth-order valence-electron chi connectivity index (χ4n) is 4.01. The molecular weight excluding hydrogens is 593 g/mol. The number of ether oxygens (including phenoxy) is 2. The summed E-state index contributed by atoms with van der Waals surface area (Å²) in [7, 11) is -1.30. The molecule has 9 heteroatoms. The topological polar surface area (TPSA) is 69.7 Å². The summed E-state index contributed by atoms with van der Waals surface area (Å²) in [6.07, 6.45) is 1.54. The normalized spacial score (nSPS) is 13.9. The lowest BCUT2D eigenvalue weighted by molar-refractivity contribution is -0.155. The van der Waals surface area contributed by atoms with Crippen LogP contribution in [-0.4, -0.2) is 44.4 Å². The zero-order chi connectivity index (χ0) is 29.5. The molecule has 218 valence electrons. The molecule has 0 amide bonds. The summed E-state index contributed by atoms with van der Waals surface area (Å²) < 4.78 is 24.3. The second-order valence-electron chi connectivity index (χ2n) is 9.38. The Hall–Kier alpha value is -2.46. The quantitative estimate of drug-likeness (QED) is 0.0969. The Bertz CT molecular complexity index is 1250. The van der Waals surface area contributed by atoms with Crippen molar-refractivity contribution in [1.29, 1.82) is 0 Å². The molecule has 0 spiro atoms. The number of rotatable bonds is 15. The van der Waals surface area contributed by atoms with Crippen molar-refractivity contribution in [2.75, 3.05) is 24.7 Å². The summed E-state index contributed by atoms with van der Waals surface area (Å²) in [5, 5.41) is -0.0324. The Morgan fingerprint density at radius 3 is 1.95 bits per heavy atom. The van der Waals surface area contributed by atoms with Gasteiger partial charge in [0.2, 0.25) is 0 Å². The molecule has 4 atom stereocenters. The van der Waals surface area contributed by atoms with Crippen molar-refractivity contribution in [3.8, 4) is 0 Å². The lowest BCUT2D eigenvalue weighted by Crippen LogP contribution is -2.24. The van der Waals surface area contributed by atoms with Crippen molar-refractivity contribution in [2.45, 2.75) is 42.8 Å². The summed E-state index contributed by atoms with van der Waals surface area (Å²) in [6.45, 7) is 3.69. The maximum Gasteiger partial charge on any atom is 0.313 e. The van der Waals surface area contributed by atoms with Gasteiger partial charge >= 0.3 is 11.9 Å². The van der Waals surface area contributed by atoms with E-state index in [1.807, 2.05) is 66.7 Å². The Kier molecular flexibility index (Phi) is 14.6. The third-order valence-electron chi connectivity index (χ3n) is 6.15. The molecule has 5 nitrogen and oxygen atoms in total. The van der Waals surface area contributed by atoms with E-state index < -0.39 is 28.6 Å². The average Bonchev–Trinajstić information content (AvgIpc) is 3.01. The number of thioether (sulfide) groups is 2. The van der Waals surface area contributed by atoms with Crippen LogP contribution in [0.3, 0.4) is 0 Å². The van der Waals surface area contributed by atoms with Crippen molar-refractivity contribution in [1.82, 2.24) is 0 Å². The third-order valence-corrected chi connectivity index (χ3v) is 10.8. The number of hydrogen-bond donors (Lipinski definition) is 0. The van der Waals surface area contributed by atoms with E-state index in [1.54, 1.807) is 42.6 Å². The maximum absolute atomic E-state index is 13.4. The molecule has 0 aliphatic carbocycles. The minimum Gasteiger partial charge on any atom is -0.462 e. The standard InChI is InChI=1S/C32H36O5S4/c1-3-21-39-32(38)40-29(26-15-9-5-10-16-26)22-28(25-13-7-4-8-14-25)31(34)37-20-19-36-30(33)24(2)23-41(35)27-17-11-6-12-18-27/h4-18,24,28-29H,3,19-23H2,1-2H3. The molecule has 0 saturated carbocycles. The number of carbonyl (C=O) groups is 2. The molecule has 0 N–H and O–H groups in total. The van der Waals surface area contributed by atoms with Gasteiger partial charge in [-0.3, -0.25) is 13.8 Å². The molecule has 3 rings (SSSR count). The Balaban J connectivity index is 1.60. The highest BCUT2D eigenvalue weighted by Crippen LogP contribution is 2.41. The Morgan fingerprint density at radius 1 is 0.829 bits per heavy atom. The van der Waals surface area contributed by atoms with E-state index >= 15 is 0 Å². The van der Waals surface area contributed by atoms with E-state index in [0.717, 1.165) is 26.8 Å². The second-order valence-corrected chi connectivity index (χ2v) is 14.4. The number of hydrogen-bond acceptors (Lipinski definition) is 8. The summed E-state index contributed by atoms with van der Waals surface area (Å²) in [5.41, 5.74) is 1.96. The van der Waals surface area contributed by atoms with Crippen molar-refractivity contribution in [3.63, 3.8) is 0 Å². The predicted octanol–water partition coefficient (Wildman–Crippen LogP) is 7.59. The number of thiocarbonyl (C=S) groups is 1. The number of carbonyl (C=O) groups excluding carboxylic acids is 2. The molecule has 0 bridgehead atoms. The summed E-state index contributed by atoms with van der Waals surface area (Å²) in [4.78, 5) is 26.5. The van der Waals surface area contributed by atoms with Crippen LogP contribution in [0, 0.1) is 5.92 Å². The molecule has 0 fully saturated rings. The molecule has 0 heterocycles. The van der Waals surface area contributed by atoms with Crippen molar-refractivity contribution in [3.05, 3.63) is 102 Å². The van der Waals surface area contributed by atoms with Gasteiger partial charge in [-0.1, -0.05) is 117 Å². The molecule has 3 aromatic carbocycles. The van der Waals surface area contributed by atoms with E-state index in [4.69, 9.17) is 21.7 Å². The van der Waals surface area contributed by atoms with Gasteiger partial charge in [0.15, 0.2) is 0 Å². The first kappa shape index (κ1) is 33.0. The van der Waals surface area contributed by atoms with E-state index in [0.29, 0.717) is 11.3 Å². The van der Waals surface area contributed by atoms with Gasteiger partial charge in [0.25, 0.3) is 0 Å². The fraction of sp³-hybridized carbons (Fsp3) is 0.344. The van der Waals surface area contributed by atoms with Gasteiger partial charge < -0.3 is 9.47 Å². The number of benzene rings is 3. The van der Waals surface area contributed by atoms with Gasteiger partial charge in [0.1, 0.15) is 16.7 Å². The highest BCUT2D eigenvalue weighted by atomic mass is 32.2. The van der Waals surface area contributed by atoms with Crippen LogP contribution < -0.4 is 0 Å². The SMILES string of the molecule is CCCSC(=S)SC(CC(C(=O)OCCOC(=O)C(C)CS(=O)c1ccccc1)c1ccccc1)c1ccccc1. The molecule has 0 radical (unpaired) electrons. The van der Waals surface area contributed by atoms with Gasteiger partial charge in [-0.05, 0) is 41.9 Å². The lowest BCUT2D eigenvalue weighted by Gasteiger charge is -2.23. The van der Waals surface area contributed by atoms with Gasteiger partial charge in [-0.15, -0.1) is 11.8 Å². The van der Waals surface area contributed by atoms with Crippen molar-refractivity contribution in [2.24, 2.45) is 5.92 Å². The second kappa shape index (κ2) is 18.2. The summed E-state index contributed by atoms with van der Waals surface area (Å²) >= 11 is 8.93. The highest BCUT2D eigenvalue weighted by Gasteiger charge is 2.28. The fourth-order valence-corrected chi connectivity index (χ4v) is 7.91. The molecule has 0 aliphatic rings. The predicted molar refractivity (Wildman–Crippen MR) is 175 cm³/mol. The van der Waals surface area contributed by atoms with Crippen LogP contribution >= 0.6 is 35.7 Å². The van der Waals surface area contributed by atoms with E-state index in [1.165, 1.54) is 0 Å². The monoisotopic (exact) mass is 628 g/mol. The first-order chi connectivity index (χ1) is 19.9. The first-order valence-electron chi connectivity index (χ1n) is 13.6. The zero-order valence-corrected chi connectivity index (χ0v) is 26.6. The van der Waals surface area contributed by atoms with E-state index in [2.05, 4.69) is 19.1 Å². The van der Waals surface area contributed by atoms with Crippen molar-refractivity contribution >= 4 is 62.0 Å². The maximum atomic E-state index is 13.4. The molecule has 0 aromatic heterocycles. The molecule has 0 aliphatic heterocycles. The van der Waals surface area contributed by atoms with Crippen LogP contribution in [0.2, 0.25) is 0 Å². The summed E-state index contributed by atoms with van der Waals surface area (Å²) in [6, 6.07) is 28.7. The minimum absolute atomic E-state index is 0.0324. The van der Waals surface area contributed by atoms with Crippen LogP contribution in [0.4, 0.5) is 0 Å². The van der Waals surface area contributed by atoms with Crippen molar-refractivity contribution < 1.29 is 23.3 Å². The van der Waals surface area contributed by atoms with Gasteiger partial charge in [0, 0.05) is 15.9 Å². The van der Waals surface area contributed by atoms with Crippen LogP contribution in [0.15, 0.2) is 95.9 Å². The molecule has 0 saturated heterocycles. The molecular formula is C32H36O5S4. The Morgan fingerprint density at radius 2 is 1.37 bits per heavy atom. The van der Waals surface area contributed by atoms with Gasteiger partial charge in [-0.2, -0.15) is 0 Å². The average molecular weight is 629 g/mol. The highest BCUT2D eigenvalue weighted by molar-refractivity contribution is 8.47. The third kappa shape index (κ3) is 11.4. The number of esters is 2. The summed E-state index contributed by atoms with van der Waals surface area (Å²) in [5.74, 6) is -0.799. The van der Waals surface area contributed by atoms with Gasteiger partial charge in [-0.25, -0.2) is 0 Å². The van der Waals surface area contributed by atoms with Crippen LogP contribution in [0.5, 0.6) is 0 Å². The Labute approximate surface area is 259 Å². The van der Waals surface area contributed by atoms with E-state index in [-0.39, 0.29) is 30.2 Å². The lowest BCUT2D eigenvalue weighted by atomic mass is 9.92. The largest absolute Gasteiger partial charge is 0.462 e. The smallest absolute Gasteiger partial charge is 0.313 e. The van der Waals surface area contributed by atoms with Gasteiger partial charge in [0.05, 0.1) is 22.6 Å².